The Bertz CT molecular complexity index is 1130. The second-order valence-corrected chi connectivity index (χ2v) is 7.45. The first kappa shape index (κ1) is 21.6. The number of anilines is 2. The van der Waals surface area contributed by atoms with E-state index >= 15 is 0 Å². The lowest BCUT2D eigenvalue weighted by atomic mass is 10.0. The molecule has 1 atom stereocenters. The van der Waals surface area contributed by atoms with Gasteiger partial charge < -0.3 is 21.1 Å². The molecular formula is C22H21F3N6O. The minimum absolute atomic E-state index is 0.0389. The number of para-hydroxylation sites is 1. The predicted octanol–water partition coefficient (Wildman–Crippen LogP) is 3.82. The van der Waals surface area contributed by atoms with E-state index in [9.17, 15) is 13.2 Å². The van der Waals surface area contributed by atoms with E-state index in [-0.39, 0.29) is 40.8 Å². The lowest BCUT2D eigenvalue weighted by Gasteiger charge is -2.31. The quantitative estimate of drug-likeness (QED) is 0.432. The Labute approximate surface area is 182 Å². The highest BCUT2D eigenvalue weighted by Crippen LogP contribution is 2.29. The molecule has 1 aliphatic heterocycles. The number of nitrogens with two attached hydrogens (primary N) is 1. The van der Waals surface area contributed by atoms with Crippen LogP contribution >= 0.6 is 0 Å². The van der Waals surface area contributed by atoms with Crippen LogP contribution in [0.15, 0.2) is 54.9 Å². The van der Waals surface area contributed by atoms with E-state index in [0.717, 1.165) is 12.4 Å². The number of nitrogen functional groups attached to an aromatic ring is 1. The summed E-state index contributed by atoms with van der Waals surface area (Å²) in [6.45, 7) is -0.117. The Morgan fingerprint density at radius 3 is 2.66 bits per heavy atom. The van der Waals surface area contributed by atoms with Crippen LogP contribution in [0.4, 0.5) is 24.8 Å². The van der Waals surface area contributed by atoms with Gasteiger partial charge in [0.15, 0.2) is 0 Å². The number of ether oxygens (including phenoxy) is 1. The van der Waals surface area contributed by atoms with E-state index < -0.39 is 30.7 Å². The van der Waals surface area contributed by atoms with Crippen LogP contribution in [0.25, 0.3) is 0 Å². The molecule has 7 nitrogen and oxygen atoms in total. The number of piperidine rings is 1. The smallest absolute Gasteiger partial charge is 0.262 e. The Hall–Kier alpha value is -3.66. The third kappa shape index (κ3) is 4.80. The van der Waals surface area contributed by atoms with Gasteiger partial charge in [-0.2, -0.15) is 0 Å². The minimum Gasteiger partial charge on any atom is -0.457 e. The molecule has 1 aromatic heterocycles. The van der Waals surface area contributed by atoms with E-state index in [4.69, 9.17) is 15.9 Å². The van der Waals surface area contributed by atoms with Crippen LogP contribution in [0, 0.1) is 11.2 Å². The molecule has 0 amide bonds. The van der Waals surface area contributed by atoms with Crippen LogP contribution < -0.4 is 21.1 Å². The Kier molecular flexibility index (Phi) is 5.95. The predicted molar refractivity (Wildman–Crippen MR) is 115 cm³/mol. The van der Waals surface area contributed by atoms with Gasteiger partial charge in [-0.3, -0.25) is 5.41 Å². The number of aromatic nitrogens is 2. The molecule has 10 heteroatoms. The minimum atomic E-state index is -2.87. The van der Waals surface area contributed by atoms with E-state index in [1.54, 1.807) is 24.3 Å². The molecule has 0 aliphatic carbocycles. The third-order valence-electron chi connectivity index (χ3n) is 4.98. The molecule has 2 heterocycles. The van der Waals surface area contributed by atoms with Crippen molar-refractivity contribution in [2.75, 3.05) is 24.1 Å². The summed E-state index contributed by atoms with van der Waals surface area (Å²) in [6, 6.07) is 12.3. The van der Waals surface area contributed by atoms with Crippen molar-refractivity contribution >= 4 is 17.3 Å². The molecule has 2 aromatic carbocycles. The van der Waals surface area contributed by atoms with Crippen molar-refractivity contribution in [3.8, 4) is 11.5 Å². The van der Waals surface area contributed by atoms with Gasteiger partial charge in [0.1, 0.15) is 35.3 Å². The summed E-state index contributed by atoms with van der Waals surface area (Å²) in [4.78, 5) is 7.95. The molecule has 166 valence electrons. The average molecular weight is 442 g/mol. The summed E-state index contributed by atoms with van der Waals surface area (Å²) >= 11 is 0. The van der Waals surface area contributed by atoms with Gasteiger partial charge in [0.05, 0.1) is 17.8 Å². The summed E-state index contributed by atoms with van der Waals surface area (Å²) < 4.78 is 48.0. The zero-order chi connectivity index (χ0) is 22.7. The molecule has 0 radical (unpaired) electrons. The SMILES string of the molecule is N=C(c1ccc(Oc2ccccc2)cc1F)c1c(N)ncnc1NC1CNCC(F)(F)C1. The highest BCUT2D eigenvalue weighted by atomic mass is 19.3. The van der Waals surface area contributed by atoms with E-state index in [1.807, 2.05) is 6.07 Å². The third-order valence-corrected chi connectivity index (χ3v) is 4.98. The maximum Gasteiger partial charge on any atom is 0.262 e. The molecule has 0 bridgehead atoms. The lowest BCUT2D eigenvalue weighted by molar-refractivity contribution is -0.0244. The molecule has 32 heavy (non-hydrogen) atoms. The van der Waals surface area contributed by atoms with E-state index in [0.29, 0.717) is 5.75 Å². The van der Waals surface area contributed by atoms with Crippen molar-refractivity contribution in [2.24, 2.45) is 0 Å². The fourth-order valence-electron chi connectivity index (χ4n) is 3.51. The second kappa shape index (κ2) is 8.83. The maximum atomic E-state index is 14.9. The Morgan fingerprint density at radius 1 is 1.16 bits per heavy atom. The molecule has 1 saturated heterocycles. The van der Waals surface area contributed by atoms with Crippen molar-refractivity contribution in [3.05, 3.63) is 71.8 Å². The van der Waals surface area contributed by atoms with Crippen LogP contribution in [0.5, 0.6) is 11.5 Å². The monoisotopic (exact) mass is 442 g/mol. The summed E-state index contributed by atoms with van der Waals surface area (Å²) in [5.41, 5.74) is 5.67. The van der Waals surface area contributed by atoms with Crippen molar-refractivity contribution in [2.45, 2.75) is 18.4 Å². The van der Waals surface area contributed by atoms with E-state index in [1.165, 1.54) is 12.1 Å². The first-order valence-electron chi connectivity index (χ1n) is 9.90. The van der Waals surface area contributed by atoms with Crippen molar-refractivity contribution in [3.63, 3.8) is 0 Å². The number of nitrogens with zero attached hydrogens (tertiary/aromatic N) is 2. The Morgan fingerprint density at radius 2 is 1.94 bits per heavy atom. The van der Waals surface area contributed by atoms with Gasteiger partial charge in [-0.1, -0.05) is 18.2 Å². The maximum absolute atomic E-state index is 14.9. The number of alkyl halides is 2. The van der Waals surface area contributed by atoms with Gasteiger partial charge in [-0.25, -0.2) is 23.1 Å². The highest BCUT2D eigenvalue weighted by molar-refractivity contribution is 6.16. The molecule has 0 spiro atoms. The zero-order valence-electron chi connectivity index (χ0n) is 16.9. The molecule has 0 saturated carbocycles. The average Bonchev–Trinajstić information content (AvgIpc) is 2.74. The fraction of sp³-hybridized carbons (Fsp3) is 0.227. The Balaban J connectivity index is 1.59. The summed E-state index contributed by atoms with van der Waals surface area (Å²) in [5, 5.41) is 14.1. The van der Waals surface area contributed by atoms with Crippen molar-refractivity contribution in [1.29, 1.82) is 5.41 Å². The number of hydrogen-bond donors (Lipinski definition) is 4. The van der Waals surface area contributed by atoms with Crippen molar-refractivity contribution in [1.82, 2.24) is 15.3 Å². The molecule has 1 fully saturated rings. The topological polar surface area (TPSA) is 109 Å². The molecule has 4 rings (SSSR count). The first-order valence-corrected chi connectivity index (χ1v) is 9.90. The first-order chi connectivity index (χ1) is 15.3. The van der Waals surface area contributed by atoms with Gasteiger partial charge >= 0.3 is 0 Å². The molecule has 1 unspecified atom stereocenters. The molecule has 3 aromatic rings. The lowest BCUT2D eigenvalue weighted by Crippen LogP contribution is -2.49. The van der Waals surface area contributed by atoms with Crippen LogP contribution in [-0.4, -0.2) is 40.7 Å². The number of halogens is 3. The normalized spacial score (nSPS) is 17.5. The summed E-state index contributed by atoms with van der Waals surface area (Å²) in [6.07, 6.45) is 0.757. The number of hydrogen-bond acceptors (Lipinski definition) is 7. The second-order valence-electron chi connectivity index (χ2n) is 7.45. The zero-order valence-corrected chi connectivity index (χ0v) is 16.9. The van der Waals surface area contributed by atoms with Crippen LogP contribution in [0.3, 0.4) is 0 Å². The molecular weight excluding hydrogens is 421 g/mol. The van der Waals surface area contributed by atoms with Gasteiger partial charge in [-0.15, -0.1) is 0 Å². The standard InChI is InChI=1S/C22H21F3N6O/c23-17-8-15(32-14-4-2-1-3-5-14)6-7-16(17)19(26)18-20(27)29-12-30-21(18)31-13-9-22(24,25)11-28-10-13/h1-8,12-13,26,28H,9-11H2,(H3,27,29,30,31). The summed E-state index contributed by atoms with van der Waals surface area (Å²) in [7, 11) is 0. The highest BCUT2D eigenvalue weighted by Gasteiger charge is 2.36. The van der Waals surface area contributed by atoms with Crippen LogP contribution in [0.2, 0.25) is 0 Å². The van der Waals surface area contributed by atoms with Gasteiger partial charge in [0, 0.05) is 30.6 Å². The van der Waals surface area contributed by atoms with Gasteiger partial charge in [0.2, 0.25) is 0 Å². The number of nitrogens with one attached hydrogen (secondary N) is 3. The number of benzene rings is 2. The van der Waals surface area contributed by atoms with E-state index in [2.05, 4.69) is 20.6 Å². The summed E-state index contributed by atoms with van der Waals surface area (Å²) in [5.74, 6) is -2.74. The van der Waals surface area contributed by atoms with Crippen LogP contribution in [0.1, 0.15) is 17.5 Å². The molecule has 1 aliphatic rings. The number of rotatable bonds is 6. The van der Waals surface area contributed by atoms with Gasteiger partial charge in [0.25, 0.3) is 5.92 Å². The largest absolute Gasteiger partial charge is 0.457 e. The van der Waals surface area contributed by atoms with Crippen LogP contribution in [-0.2, 0) is 0 Å². The van der Waals surface area contributed by atoms with Gasteiger partial charge in [-0.05, 0) is 24.3 Å². The fourth-order valence-corrected chi connectivity index (χ4v) is 3.51. The van der Waals surface area contributed by atoms with Crippen molar-refractivity contribution < 1.29 is 17.9 Å². The molecule has 5 N–H and O–H groups in total.